The Balaban J connectivity index is 2.27. The second-order valence-electron chi connectivity index (χ2n) is 5.69. The van der Waals surface area contributed by atoms with Crippen molar-refractivity contribution in [3.63, 3.8) is 0 Å². The number of H-pyrrole nitrogens is 1. The van der Waals surface area contributed by atoms with Crippen molar-refractivity contribution in [1.82, 2.24) is 9.55 Å². The van der Waals surface area contributed by atoms with E-state index in [0.717, 1.165) is 24.0 Å². The molecule has 1 unspecified atom stereocenters. The van der Waals surface area contributed by atoms with Crippen molar-refractivity contribution in [3.05, 3.63) is 55.8 Å². The highest BCUT2D eigenvalue weighted by atomic mass is 35.5. The minimum atomic E-state index is -0.429. The molecule has 1 aliphatic rings. The molecule has 0 radical (unpaired) electrons. The van der Waals surface area contributed by atoms with Gasteiger partial charge in [-0.1, -0.05) is 35.9 Å². The van der Waals surface area contributed by atoms with Crippen LogP contribution in [0.4, 0.5) is 0 Å². The Morgan fingerprint density at radius 1 is 1.29 bits per heavy atom. The van der Waals surface area contributed by atoms with Gasteiger partial charge in [-0.05, 0) is 43.7 Å². The standard InChI is InChI=1S/C16H17ClN2O2/c1-9-5-3-4-6-12(9)13-14(17)18-16(21)19(15(13)20)10(2)11-7-8-11/h3-6,10-11H,7-8H2,1-2H3,(H,18,21). The molecule has 1 N–H and O–H groups in total. The molecule has 1 aromatic carbocycles. The molecular weight excluding hydrogens is 288 g/mol. The summed E-state index contributed by atoms with van der Waals surface area (Å²) in [6, 6.07) is 7.44. The number of aryl methyl sites for hydroxylation is 1. The number of hydrogen-bond acceptors (Lipinski definition) is 2. The van der Waals surface area contributed by atoms with Gasteiger partial charge in [0.05, 0.1) is 5.56 Å². The molecule has 1 atom stereocenters. The molecule has 1 heterocycles. The maximum Gasteiger partial charge on any atom is 0.329 e. The van der Waals surface area contributed by atoms with Crippen molar-refractivity contribution in [2.45, 2.75) is 32.7 Å². The predicted octanol–water partition coefficient (Wildman–Crippen LogP) is 3.14. The first-order valence-corrected chi connectivity index (χ1v) is 7.49. The first kappa shape index (κ1) is 14.1. The van der Waals surface area contributed by atoms with Gasteiger partial charge in [-0.3, -0.25) is 14.3 Å². The average Bonchev–Trinajstić information content (AvgIpc) is 3.24. The number of halogens is 1. The normalized spacial score (nSPS) is 16.0. The summed E-state index contributed by atoms with van der Waals surface area (Å²) in [6.45, 7) is 3.84. The molecule has 1 aliphatic carbocycles. The molecular formula is C16H17ClN2O2. The molecule has 0 amide bonds. The number of nitrogens with one attached hydrogen (secondary N) is 1. The van der Waals surface area contributed by atoms with Crippen LogP contribution in [0.1, 0.15) is 31.4 Å². The van der Waals surface area contributed by atoms with Crippen LogP contribution in [-0.2, 0) is 0 Å². The Bertz CT molecular complexity index is 803. The number of nitrogens with zero attached hydrogens (tertiary/aromatic N) is 1. The highest BCUT2D eigenvalue weighted by Gasteiger charge is 2.32. The van der Waals surface area contributed by atoms with Crippen molar-refractivity contribution in [2.24, 2.45) is 5.92 Å². The average molecular weight is 305 g/mol. The van der Waals surface area contributed by atoms with Crippen LogP contribution in [-0.4, -0.2) is 9.55 Å². The number of hydrogen-bond donors (Lipinski definition) is 1. The third-order valence-electron chi connectivity index (χ3n) is 4.21. The molecule has 2 aromatic rings. The number of benzene rings is 1. The molecule has 21 heavy (non-hydrogen) atoms. The smallest absolute Gasteiger partial charge is 0.297 e. The summed E-state index contributed by atoms with van der Waals surface area (Å²) in [5.41, 5.74) is 1.36. The van der Waals surface area contributed by atoms with E-state index in [1.807, 2.05) is 38.1 Å². The van der Waals surface area contributed by atoms with Gasteiger partial charge in [0.1, 0.15) is 5.15 Å². The zero-order valence-corrected chi connectivity index (χ0v) is 12.8. The molecule has 4 nitrogen and oxygen atoms in total. The minimum absolute atomic E-state index is 0.0960. The van der Waals surface area contributed by atoms with E-state index >= 15 is 0 Å². The molecule has 0 saturated heterocycles. The topological polar surface area (TPSA) is 54.9 Å². The highest BCUT2D eigenvalue weighted by Crippen LogP contribution is 2.38. The lowest BCUT2D eigenvalue weighted by atomic mass is 10.0. The number of aromatic amines is 1. The van der Waals surface area contributed by atoms with E-state index in [1.54, 1.807) is 0 Å². The zero-order chi connectivity index (χ0) is 15.1. The van der Waals surface area contributed by atoms with Crippen molar-refractivity contribution in [1.29, 1.82) is 0 Å². The SMILES string of the molecule is Cc1ccccc1-c1c(Cl)[nH]c(=O)n(C(C)C2CC2)c1=O. The first-order valence-electron chi connectivity index (χ1n) is 7.11. The van der Waals surface area contributed by atoms with E-state index in [4.69, 9.17) is 11.6 Å². The second kappa shape index (κ2) is 5.19. The monoisotopic (exact) mass is 304 g/mol. The third kappa shape index (κ3) is 2.44. The Labute approximate surface area is 127 Å². The third-order valence-corrected chi connectivity index (χ3v) is 4.50. The van der Waals surface area contributed by atoms with Crippen LogP contribution in [0, 0.1) is 12.8 Å². The molecule has 0 aliphatic heterocycles. The summed E-state index contributed by atoms with van der Waals surface area (Å²) in [6.07, 6.45) is 2.13. The molecule has 0 bridgehead atoms. The van der Waals surface area contributed by atoms with E-state index in [9.17, 15) is 9.59 Å². The molecule has 1 saturated carbocycles. The largest absolute Gasteiger partial charge is 0.329 e. The second-order valence-corrected chi connectivity index (χ2v) is 6.07. The Morgan fingerprint density at radius 3 is 2.57 bits per heavy atom. The van der Waals surface area contributed by atoms with Crippen LogP contribution < -0.4 is 11.2 Å². The molecule has 3 rings (SSSR count). The lowest BCUT2D eigenvalue weighted by molar-refractivity contribution is 0.452. The van der Waals surface area contributed by atoms with Gasteiger partial charge in [0, 0.05) is 6.04 Å². The van der Waals surface area contributed by atoms with Crippen LogP contribution in [0.2, 0.25) is 5.15 Å². The highest BCUT2D eigenvalue weighted by molar-refractivity contribution is 6.32. The fraction of sp³-hybridized carbons (Fsp3) is 0.375. The van der Waals surface area contributed by atoms with E-state index in [1.165, 1.54) is 4.57 Å². The zero-order valence-electron chi connectivity index (χ0n) is 12.0. The maximum atomic E-state index is 12.8. The summed E-state index contributed by atoms with van der Waals surface area (Å²) in [5.74, 6) is 0.412. The van der Waals surface area contributed by atoms with Crippen LogP contribution in [0.25, 0.3) is 11.1 Å². The van der Waals surface area contributed by atoms with Gasteiger partial charge in [0.15, 0.2) is 0 Å². The van der Waals surface area contributed by atoms with Gasteiger partial charge in [-0.25, -0.2) is 4.79 Å². The maximum absolute atomic E-state index is 12.8. The lowest BCUT2D eigenvalue weighted by Crippen LogP contribution is -2.39. The molecule has 5 heteroatoms. The molecule has 0 spiro atoms. The van der Waals surface area contributed by atoms with Gasteiger partial charge in [-0.15, -0.1) is 0 Å². The fourth-order valence-electron chi connectivity index (χ4n) is 2.77. The van der Waals surface area contributed by atoms with Crippen molar-refractivity contribution in [2.75, 3.05) is 0 Å². The van der Waals surface area contributed by atoms with Crippen LogP contribution in [0.15, 0.2) is 33.9 Å². The Morgan fingerprint density at radius 2 is 1.95 bits per heavy atom. The van der Waals surface area contributed by atoms with Crippen LogP contribution >= 0.6 is 11.6 Å². The molecule has 1 fully saturated rings. The van der Waals surface area contributed by atoms with Gasteiger partial charge >= 0.3 is 5.69 Å². The van der Waals surface area contributed by atoms with Gasteiger partial charge in [0.25, 0.3) is 5.56 Å². The van der Waals surface area contributed by atoms with Crippen molar-refractivity contribution >= 4 is 11.6 Å². The fourth-order valence-corrected chi connectivity index (χ4v) is 3.03. The molecule has 110 valence electrons. The predicted molar refractivity (Wildman–Crippen MR) is 83.9 cm³/mol. The quantitative estimate of drug-likeness (QED) is 0.886. The lowest BCUT2D eigenvalue weighted by Gasteiger charge is -2.16. The summed E-state index contributed by atoms with van der Waals surface area (Å²) >= 11 is 6.14. The van der Waals surface area contributed by atoms with E-state index in [2.05, 4.69) is 4.98 Å². The summed E-state index contributed by atoms with van der Waals surface area (Å²) in [7, 11) is 0. The van der Waals surface area contributed by atoms with Crippen LogP contribution in [0.3, 0.4) is 0 Å². The van der Waals surface area contributed by atoms with Gasteiger partial charge in [0.2, 0.25) is 0 Å². The van der Waals surface area contributed by atoms with Crippen molar-refractivity contribution < 1.29 is 0 Å². The van der Waals surface area contributed by atoms with E-state index < -0.39 is 5.69 Å². The first-order chi connectivity index (χ1) is 10.0. The van der Waals surface area contributed by atoms with Crippen molar-refractivity contribution in [3.8, 4) is 11.1 Å². The van der Waals surface area contributed by atoms with Gasteiger partial charge in [-0.2, -0.15) is 0 Å². The Hall–Kier alpha value is -1.81. The summed E-state index contributed by atoms with van der Waals surface area (Å²) < 4.78 is 1.31. The van der Waals surface area contributed by atoms with E-state index in [-0.39, 0.29) is 16.8 Å². The summed E-state index contributed by atoms with van der Waals surface area (Å²) in [4.78, 5) is 27.5. The van der Waals surface area contributed by atoms with Gasteiger partial charge < -0.3 is 0 Å². The minimum Gasteiger partial charge on any atom is -0.297 e. The summed E-state index contributed by atoms with van der Waals surface area (Å²) in [5, 5.41) is 0.110. The Kier molecular flexibility index (Phi) is 3.49. The molecule has 1 aromatic heterocycles. The van der Waals surface area contributed by atoms with E-state index in [0.29, 0.717) is 11.5 Å². The number of aromatic nitrogens is 2. The number of rotatable bonds is 3. The van der Waals surface area contributed by atoms with Crippen LogP contribution in [0.5, 0.6) is 0 Å².